The van der Waals surface area contributed by atoms with Gasteiger partial charge in [-0.3, -0.25) is 0 Å². The van der Waals surface area contributed by atoms with Crippen molar-refractivity contribution in [1.29, 1.82) is 0 Å². The highest BCUT2D eigenvalue weighted by Gasteiger charge is 2.21. The molecule has 0 saturated heterocycles. The maximum absolute atomic E-state index is 4.67. The maximum atomic E-state index is 4.67. The van der Waals surface area contributed by atoms with E-state index in [1.165, 1.54) is 47.4 Å². The largest absolute Gasteiger partial charge is 0.192 e. The molecule has 1 fully saturated rings. The fourth-order valence-electron chi connectivity index (χ4n) is 2.74. The minimum atomic E-state index is 1.12. The van der Waals surface area contributed by atoms with E-state index >= 15 is 0 Å². The van der Waals surface area contributed by atoms with Crippen LogP contribution in [0.15, 0.2) is 28.7 Å². The molecule has 1 radical (unpaired) electrons. The summed E-state index contributed by atoms with van der Waals surface area (Å²) in [7, 11) is 0. The minimum Gasteiger partial charge on any atom is -0.192 e. The van der Waals surface area contributed by atoms with Crippen molar-refractivity contribution in [3.8, 4) is 11.3 Å². The van der Waals surface area contributed by atoms with Gasteiger partial charge in [-0.05, 0) is 61.3 Å². The fraction of sp³-hybridized carbons (Fsp3) is 0.375. The van der Waals surface area contributed by atoms with E-state index in [0.717, 1.165) is 10.9 Å². The van der Waals surface area contributed by atoms with E-state index in [9.17, 15) is 0 Å². The zero-order valence-corrected chi connectivity index (χ0v) is 13.5. The molecule has 1 saturated carbocycles. The summed E-state index contributed by atoms with van der Waals surface area (Å²) in [5, 5.41) is 0. The van der Waals surface area contributed by atoms with Crippen LogP contribution in [0, 0.1) is 12.8 Å². The standard InChI is InChI=1S/C16H17BrNS/c1-11-15(10-12-4-2-3-5-12)16(18-19-11)13-6-8-14(17)9-7-13/h6-9H,2-5,10H2,1H3. The summed E-state index contributed by atoms with van der Waals surface area (Å²) in [6, 6.07) is 8.50. The Balaban J connectivity index is 1.91. The van der Waals surface area contributed by atoms with Crippen LogP contribution in [0.5, 0.6) is 0 Å². The number of benzene rings is 1. The first-order chi connectivity index (χ1) is 9.24. The number of aromatic nitrogens is 1. The highest BCUT2D eigenvalue weighted by atomic mass is 79.9. The molecule has 1 aliphatic carbocycles. The van der Waals surface area contributed by atoms with Gasteiger partial charge < -0.3 is 0 Å². The van der Waals surface area contributed by atoms with Crippen LogP contribution in [0.2, 0.25) is 0 Å². The van der Waals surface area contributed by atoms with Crippen molar-refractivity contribution in [2.24, 2.45) is 0 Å². The van der Waals surface area contributed by atoms with Crippen molar-refractivity contribution >= 4 is 27.5 Å². The Morgan fingerprint density at radius 2 is 1.84 bits per heavy atom. The van der Waals surface area contributed by atoms with Gasteiger partial charge in [-0.1, -0.05) is 40.9 Å². The molecule has 99 valence electrons. The Hall–Kier alpha value is -0.670. The van der Waals surface area contributed by atoms with Crippen molar-refractivity contribution in [3.05, 3.63) is 45.1 Å². The summed E-state index contributed by atoms with van der Waals surface area (Å²) in [6.45, 7) is 2.20. The summed E-state index contributed by atoms with van der Waals surface area (Å²) in [6.07, 6.45) is 6.51. The molecule has 1 nitrogen and oxygen atoms in total. The lowest BCUT2D eigenvalue weighted by Crippen LogP contribution is -1.98. The number of aryl methyl sites for hydroxylation is 1. The second-order valence-electron chi connectivity index (χ2n) is 5.21. The Morgan fingerprint density at radius 3 is 2.53 bits per heavy atom. The Morgan fingerprint density at radius 1 is 1.16 bits per heavy atom. The monoisotopic (exact) mass is 334 g/mol. The Kier molecular flexibility index (Phi) is 4.04. The van der Waals surface area contributed by atoms with Gasteiger partial charge >= 0.3 is 0 Å². The SMILES string of the molecule is Cc1snc(-c2ccc(Br)cc2)c1C[C]1CCCC1. The lowest BCUT2D eigenvalue weighted by molar-refractivity contribution is 0.836. The molecule has 2 aromatic rings. The van der Waals surface area contributed by atoms with Crippen LogP contribution in [0.4, 0.5) is 0 Å². The van der Waals surface area contributed by atoms with Crippen LogP contribution in [0.25, 0.3) is 11.3 Å². The summed E-state index contributed by atoms with van der Waals surface area (Å²) in [4.78, 5) is 1.37. The molecular formula is C16H17BrNS. The van der Waals surface area contributed by atoms with E-state index in [1.807, 2.05) is 0 Å². The van der Waals surface area contributed by atoms with Gasteiger partial charge in [0.25, 0.3) is 0 Å². The zero-order chi connectivity index (χ0) is 13.2. The van der Waals surface area contributed by atoms with E-state index in [0.29, 0.717) is 0 Å². The van der Waals surface area contributed by atoms with E-state index in [-0.39, 0.29) is 0 Å². The van der Waals surface area contributed by atoms with Crippen LogP contribution in [-0.4, -0.2) is 4.37 Å². The molecule has 0 unspecified atom stereocenters. The van der Waals surface area contributed by atoms with Crippen molar-refractivity contribution < 1.29 is 0 Å². The fourth-order valence-corrected chi connectivity index (χ4v) is 3.72. The maximum Gasteiger partial charge on any atom is 0.0875 e. The van der Waals surface area contributed by atoms with E-state index < -0.39 is 0 Å². The second kappa shape index (κ2) is 5.76. The summed E-state index contributed by atoms with van der Waals surface area (Å²) >= 11 is 5.13. The summed E-state index contributed by atoms with van der Waals surface area (Å²) < 4.78 is 5.79. The first-order valence-electron chi connectivity index (χ1n) is 6.78. The molecule has 0 spiro atoms. The molecule has 19 heavy (non-hydrogen) atoms. The van der Waals surface area contributed by atoms with Crippen molar-refractivity contribution in [3.63, 3.8) is 0 Å². The number of hydrogen-bond donors (Lipinski definition) is 0. The minimum absolute atomic E-state index is 1.12. The van der Waals surface area contributed by atoms with Crippen LogP contribution in [0.3, 0.4) is 0 Å². The third-order valence-corrected chi connectivity index (χ3v) is 5.16. The first kappa shape index (κ1) is 13.3. The zero-order valence-electron chi connectivity index (χ0n) is 11.1. The highest BCUT2D eigenvalue weighted by Crippen LogP contribution is 2.36. The average molecular weight is 335 g/mol. The van der Waals surface area contributed by atoms with Gasteiger partial charge in [0.15, 0.2) is 0 Å². The predicted octanol–water partition coefficient (Wildman–Crippen LogP) is 5.57. The molecule has 0 N–H and O–H groups in total. The molecule has 0 atom stereocenters. The normalized spacial score (nSPS) is 16.1. The molecule has 1 aliphatic rings. The van der Waals surface area contributed by atoms with E-state index in [2.05, 4.69) is 51.5 Å². The van der Waals surface area contributed by atoms with Crippen molar-refractivity contribution in [2.45, 2.75) is 39.0 Å². The molecule has 0 aliphatic heterocycles. The second-order valence-corrected chi connectivity index (χ2v) is 7.10. The molecule has 1 aromatic heterocycles. The van der Waals surface area contributed by atoms with Crippen molar-refractivity contribution in [2.75, 3.05) is 0 Å². The molecule has 1 heterocycles. The van der Waals surface area contributed by atoms with Gasteiger partial charge in [-0.15, -0.1) is 0 Å². The lowest BCUT2D eigenvalue weighted by Gasteiger charge is -2.10. The summed E-state index contributed by atoms with van der Waals surface area (Å²) in [5.41, 5.74) is 3.87. The van der Waals surface area contributed by atoms with Crippen LogP contribution in [-0.2, 0) is 6.42 Å². The quantitative estimate of drug-likeness (QED) is 0.714. The predicted molar refractivity (Wildman–Crippen MR) is 85.4 cm³/mol. The van der Waals surface area contributed by atoms with Gasteiger partial charge in [0.05, 0.1) is 5.69 Å². The molecule has 3 rings (SSSR count). The molecule has 0 amide bonds. The first-order valence-corrected chi connectivity index (χ1v) is 8.35. The van der Waals surface area contributed by atoms with Crippen LogP contribution < -0.4 is 0 Å². The van der Waals surface area contributed by atoms with Crippen molar-refractivity contribution in [1.82, 2.24) is 4.37 Å². The van der Waals surface area contributed by atoms with Gasteiger partial charge in [-0.25, -0.2) is 0 Å². The van der Waals surface area contributed by atoms with Gasteiger partial charge in [-0.2, -0.15) is 4.37 Å². The number of rotatable bonds is 3. The van der Waals surface area contributed by atoms with Crippen LogP contribution >= 0.6 is 27.5 Å². The van der Waals surface area contributed by atoms with Gasteiger partial charge in [0, 0.05) is 14.9 Å². The molecule has 1 aromatic carbocycles. The lowest BCUT2D eigenvalue weighted by atomic mass is 9.95. The van der Waals surface area contributed by atoms with Gasteiger partial charge in [0.2, 0.25) is 0 Å². The Bertz CT molecular complexity index is 553. The van der Waals surface area contributed by atoms with E-state index in [4.69, 9.17) is 0 Å². The number of halogens is 1. The van der Waals surface area contributed by atoms with Crippen LogP contribution in [0.1, 0.15) is 36.1 Å². The number of nitrogens with zero attached hydrogens (tertiary/aromatic N) is 1. The summed E-state index contributed by atoms with van der Waals surface area (Å²) in [5.74, 6) is 1.71. The Labute approximate surface area is 127 Å². The third kappa shape index (κ3) is 2.92. The highest BCUT2D eigenvalue weighted by molar-refractivity contribution is 9.10. The average Bonchev–Trinajstić information content (AvgIpc) is 3.03. The van der Waals surface area contributed by atoms with E-state index in [1.54, 1.807) is 17.5 Å². The number of hydrogen-bond acceptors (Lipinski definition) is 2. The topological polar surface area (TPSA) is 12.9 Å². The smallest absolute Gasteiger partial charge is 0.0875 e. The molecule has 0 bridgehead atoms. The third-order valence-electron chi connectivity index (χ3n) is 3.84. The molecular weight excluding hydrogens is 318 g/mol. The van der Waals surface area contributed by atoms with Gasteiger partial charge in [0.1, 0.15) is 0 Å². The molecule has 3 heteroatoms.